The molecule has 8 aromatic heterocycles. The first-order valence-electron chi connectivity index (χ1n) is 20.0. The quantitative estimate of drug-likeness (QED) is 0.100. The van der Waals surface area contributed by atoms with Crippen LogP contribution < -0.4 is 19.6 Å². The van der Waals surface area contributed by atoms with Crippen molar-refractivity contribution in [2.45, 2.75) is 65.2 Å². The van der Waals surface area contributed by atoms with Crippen LogP contribution in [0.25, 0.3) is 22.6 Å². The normalized spacial score (nSPS) is 12.1. The number of imidazole rings is 3. The summed E-state index contributed by atoms with van der Waals surface area (Å²) < 4.78 is 25.5. The number of benzene rings is 1. The van der Waals surface area contributed by atoms with Gasteiger partial charge in [-0.1, -0.05) is 19.9 Å². The maximum absolute atomic E-state index is 11.8. The summed E-state index contributed by atoms with van der Waals surface area (Å²) in [5.41, 5.74) is 8.15. The summed E-state index contributed by atoms with van der Waals surface area (Å²) in [5.74, 6) is 3.25. The first kappa shape index (κ1) is 38.1. The van der Waals surface area contributed by atoms with E-state index in [2.05, 4.69) is 23.8 Å². The Kier molecular flexibility index (Phi) is 10.4. The molecule has 15 heteroatoms. The van der Waals surface area contributed by atoms with Gasteiger partial charge in [0, 0.05) is 54.8 Å². The van der Waals surface area contributed by atoms with Crippen molar-refractivity contribution < 1.29 is 14.2 Å². The minimum Gasteiger partial charge on any atom is -0.497 e. The van der Waals surface area contributed by atoms with Crippen LogP contribution in [0.3, 0.4) is 0 Å². The molecule has 0 aliphatic heterocycles. The predicted molar refractivity (Wildman–Crippen MR) is 225 cm³/mol. The van der Waals surface area contributed by atoms with E-state index in [9.17, 15) is 4.79 Å². The molecule has 1 unspecified atom stereocenters. The van der Waals surface area contributed by atoms with Gasteiger partial charge in [-0.3, -0.25) is 9.78 Å². The Balaban J connectivity index is 0.943. The summed E-state index contributed by atoms with van der Waals surface area (Å²) in [4.78, 5) is 30.7. The second-order valence-corrected chi connectivity index (χ2v) is 14.8. The molecular formula is C45H43N11O4. The smallest absolute Gasteiger partial charge is 0.197 e. The fourth-order valence-corrected chi connectivity index (χ4v) is 7.17. The number of nitrogens with zero attached hydrogens (tertiary/aromatic N) is 11. The number of aromatic nitrogens is 11. The predicted octanol–water partition coefficient (Wildman–Crippen LogP) is 7.74. The van der Waals surface area contributed by atoms with E-state index >= 15 is 0 Å². The Morgan fingerprint density at radius 3 is 2.17 bits per heavy atom. The minimum absolute atomic E-state index is 0.0445. The monoisotopic (exact) mass is 801 g/mol. The summed E-state index contributed by atoms with van der Waals surface area (Å²) in [5, 5.41) is 14.7. The van der Waals surface area contributed by atoms with Crippen molar-refractivity contribution in [1.82, 2.24) is 53.3 Å². The van der Waals surface area contributed by atoms with Crippen molar-refractivity contribution in [3.8, 4) is 34.4 Å². The number of aryl methyl sites for hydroxylation is 5. The number of hydrogen-bond donors (Lipinski definition) is 0. The highest BCUT2D eigenvalue weighted by atomic mass is 16.5. The van der Waals surface area contributed by atoms with Gasteiger partial charge in [0.15, 0.2) is 33.9 Å². The topological polar surface area (TPSA) is 153 Å². The van der Waals surface area contributed by atoms with Crippen LogP contribution in [0.15, 0.2) is 115 Å². The highest BCUT2D eigenvalue weighted by molar-refractivity contribution is 5.60. The lowest BCUT2D eigenvalue weighted by molar-refractivity contribution is 0.409. The maximum Gasteiger partial charge on any atom is 0.197 e. The molecule has 0 aliphatic rings. The van der Waals surface area contributed by atoms with Crippen LogP contribution in [-0.2, 0) is 25.7 Å². The van der Waals surface area contributed by atoms with Crippen molar-refractivity contribution in [2.24, 2.45) is 0 Å². The molecule has 15 nitrogen and oxygen atoms in total. The van der Waals surface area contributed by atoms with Gasteiger partial charge in [0.2, 0.25) is 0 Å². The summed E-state index contributed by atoms with van der Waals surface area (Å²) >= 11 is 0. The molecule has 0 radical (unpaired) electrons. The molecule has 0 fully saturated rings. The van der Waals surface area contributed by atoms with Gasteiger partial charge in [0.25, 0.3) is 0 Å². The lowest BCUT2D eigenvalue weighted by atomic mass is 10.0. The zero-order valence-electron chi connectivity index (χ0n) is 33.8. The SMILES string of the molecule is CCc1cc(-n2ccc(=O)cc2)c2nc(CCC(C)c3cc(Oc4cccnc4)c4nc(CCCc5cc(Oc6cccc(OC)c6)c6nc(C)cn6n5)cn4n3)cn2n1. The van der Waals surface area contributed by atoms with Crippen LogP contribution in [0, 0.1) is 6.92 Å². The molecule has 0 bridgehead atoms. The first-order valence-corrected chi connectivity index (χ1v) is 20.0. The number of fused-ring (bicyclic) bond motifs is 3. The fourth-order valence-electron chi connectivity index (χ4n) is 7.17. The number of ether oxygens (including phenoxy) is 3. The molecule has 0 N–H and O–H groups in total. The van der Waals surface area contributed by atoms with E-state index in [1.165, 1.54) is 0 Å². The molecular weight excluding hydrogens is 759 g/mol. The van der Waals surface area contributed by atoms with E-state index in [1.807, 2.05) is 93.7 Å². The van der Waals surface area contributed by atoms with E-state index in [-0.39, 0.29) is 11.3 Å². The van der Waals surface area contributed by atoms with Crippen molar-refractivity contribution in [1.29, 1.82) is 0 Å². The van der Waals surface area contributed by atoms with Crippen LogP contribution in [-0.4, -0.2) is 60.5 Å². The van der Waals surface area contributed by atoms with Gasteiger partial charge in [-0.25, -0.2) is 28.5 Å². The zero-order valence-corrected chi connectivity index (χ0v) is 33.8. The van der Waals surface area contributed by atoms with Crippen molar-refractivity contribution in [3.63, 3.8) is 0 Å². The number of methoxy groups -OCH3 is 1. The third kappa shape index (κ3) is 8.14. The van der Waals surface area contributed by atoms with Gasteiger partial charge in [-0.2, -0.15) is 15.3 Å². The number of pyridine rings is 2. The molecule has 9 aromatic rings. The van der Waals surface area contributed by atoms with E-state index in [4.69, 9.17) is 39.5 Å². The van der Waals surface area contributed by atoms with Crippen LogP contribution in [0.5, 0.6) is 28.7 Å². The maximum atomic E-state index is 11.8. The van der Waals surface area contributed by atoms with Gasteiger partial charge in [0.05, 0.1) is 71.7 Å². The van der Waals surface area contributed by atoms with Gasteiger partial charge in [-0.05, 0) is 75.8 Å². The van der Waals surface area contributed by atoms with Gasteiger partial charge in [0.1, 0.15) is 17.2 Å². The van der Waals surface area contributed by atoms with Crippen LogP contribution in [0.2, 0.25) is 0 Å². The van der Waals surface area contributed by atoms with Crippen molar-refractivity contribution >= 4 is 16.9 Å². The zero-order chi connectivity index (χ0) is 41.2. The Hall–Kier alpha value is -7.42. The molecule has 1 aromatic carbocycles. The molecule has 0 amide bonds. The minimum atomic E-state index is -0.0445. The molecule has 9 rings (SSSR count). The second kappa shape index (κ2) is 16.4. The van der Waals surface area contributed by atoms with Crippen LogP contribution in [0.4, 0.5) is 0 Å². The third-order valence-electron chi connectivity index (χ3n) is 10.3. The van der Waals surface area contributed by atoms with E-state index in [0.717, 1.165) is 64.8 Å². The van der Waals surface area contributed by atoms with E-state index < -0.39 is 0 Å². The molecule has 1 atom stereocenters. The Labute approximate surface area is 344 Å². The van der Waals surface area contributed by atoms with E-state index in [1.54, 1.807) is 48.5 Å². The van der Waals surface area contributed by atoms with Crippen molar-refractivity contribution in [3.05, 3.63) is 154 Å². The van der Waals surface area contributed by atoms with Gasteiger partial charge < -0.3 is 18.8 Å². The second-order valence-electron chi connectivity index (χ2n) is 14.8. The largest absolute Gasteiger partial charge is 0.497 e. The average Bonchev–Trinajstić information content (AvgIpc) is 3.99. The molecule has 8 heterocycles. The molecule has 60 heavy (non-hydrogen) atoms. The standard InChI is InChI=1S/C45H43N11O4/c1-5-31-21-40(53-19-16-35(57)17-20-53)43-48-34(28-55(43)50-31)15-14-29(2)39-24-42(60-38-13-8-18-46-25-38)45-49-33(27-56(45)52-39)10-6-9-32-22-41(44-47-30(3)26-54(44)51-32)59-37-12-7-11-36(23-37)58-4/h7-8,11-13,16-29H,5-6,9-10,14-15H2,1-4H3. The lowest BCUT2D eigenvalue weighted by Crippen LogP contribution is -2.06. The number of hydrogen-bond acceptors (Lipinski definition) is 11. The molecule has 0 saturated carbocycles. The fraction of sp³-hybridized carbons (Fsp3) is 0.244. The third-order valence-corrected chi connectivity index (χ3v) is 10.3. The molecule has 0 spiro atoms. The highest BCUT2D eigenvalue weighted by Crippen LogP contribution is 2.32. The molecule has 302 valence electrons. The summed E-state index contributed by atoms with van der Waals surface area (Å²) in [6.07, 6.45) is 17.2. The average molecular weight is 802 g/mol. The molecule has 0 aliphatic carbocycles. The highest BCUT2D eigenvalue weighted by Gasteiger charge is 2.19. The summed E-state index contributed by atoms with van der Waals surface area (Å²) in [7, 11) is 1.63. The summed E-state index contributed by atoms with van der Waals surface area (Å²) in [6, 6.07) is 20.3. The van der Waals surface area contributed by atoms with Gasteiger partial charge >= 0.3 is 0 Å². The molecule has 0 saturated heterocycles. The Morgan fingerprint density at radius 1 is 0.683 bits per heavy atom. The van der Waals surface area contributed by atoms with Gasteiger partial charge in [-0.15, -0.1) is 0 Å². The Bertz CT molecular complexity index is 3000. The lowest BCUT2D eigenvalue weighted by Gasteiger charge is -2.13. The van der Waals surface area contributed by atoms with Crippen LogP contribution in [0.1, 0.15) is 66.8 Å². The first-order chi connectivity index (χ1) is 29.3. The van der Waals surface area contributed by atoms with E-state index in [0.29, 0.717) is 59.3 Å². The number of rotatable bonds is 15. The Morgan fingerprint density at radius 2 is 1.37 bits per heavy atom. The van der Waals surface area contributed by atoms with Crippen LogP contribution >= 0.6 is 0 Å². The van der Waals surface area contributed by atoms with Crippen molar-refractivity contribution in [2.75, 3.05) is 7.11 Å². The summed E-state index contributed by atoms with van der Waals surface area (Å²) in [6.45, 7) is 6.17.